The summed E-state index contributed by atoms with van der Waals surface area (Å²) in [5, 5.41) is 0. The van der Waals surface area contributed by atoms with Gasteiger partial charge in [-0.15, -0.1) is 0 Å². The van der Waals surface area contributed by atoms with Crippen molar-refractivity contribution in [2.75, 3.05) is 11.4 Å². The second kappa shape index (κ2) is 13.7. The second-order valence-electron chi connectivity index (χ2n) is 8.08. The minimum absolute atomic E-state index is 0.509. The van der Waals surface area contributed by atoms with Gasteiger partial charge in [-0.05, 0) is 31.4 Å². The number of hydrogen-bond donors (Lipinski definition) is 0. The normalized spacial score (nSPS) is 16.4. The lowest BCUT2D eigenvalue weighted by Crippen LogP contribution is -2.39. The Morgan fingerprint density at radius 3 is 1.93 bits per heavy atom. The maximum Gasteiger partial charge on any atom is 0.105 e. The van der Waals surface area contributed by atoms with Crippen LogP contribution < -0.4 is 4.90 Å². The van der Waals surface area contributed by atoms with Gasteiger partial charge in [0.1, 0.15) is 6.17 Å². The van der Waals surface area contributed by atoms with Crippen LogP contribution in [0.1, 0.15) is 97.3 Å². The predicted molar refractivity (Wildman–Crippen MR) is 120 cm³/mol. The van der Waals surface area contributed by atoms with E-state index in [9.17, 15) is 0 Å². The highest BCUT2D eigenvalue weighted by molar-refractivity contribution is 5.51. The number of anilines is 1. The van der Waals surface area contributed by atoms with E-state index < -0.39 is 0 Å². The van der Waals surface area contributed by atoms with Crippen LogP contribution in [0.15, 0.2) is 42.7 Å². The fourth-order valence-corrected chi connectivity index (χ4v) is 4.08. The summed E-state index contributed by atoms with van der Waals surface area (Å²) in [6.45, 7) is 5.79. The third kappa shape index (κ3) is 7.99. The average molecular weight is 371 g/mol. The molecule has 1 aromatic rings. The third-order valence-electron chi connectivity index (χ3n) is 5.76. The molecule has 1 heterocycles. The fraction of sp³-hybridized carbons (Fsp3) is 0.680. The van der Waals surface area contributed by atoms with Gasteiger partial charge < -0.3 is 9.80 Å². The van der Waals surface area contributed by atoms with Gasteiger partial charge in [-0.2, -0.15) is 0 Å². The van der Waals surface area contributed by atoms with Crippen molar-refractivity contribution in [2.24, 2.45) is 0 Å². The zero-order chi connectivity index (χ0) is 19.2. The van der Waals surface area contributed by atoms with Crippen LogP contribution in [0.5, 0.6) is 0 Å². The molecule has 1 unspecified atom stereocenters. The summed E-state index contributed by atoms with van der Waals surface area (Å²) in [5.41, 5.74) is 1.33. The Hall–Kier alpha value is -1.44. The first-order valence-corrected chi connectivity index (χ1v) is 11.6. The summed E-state index contributed by atoms with van der Waals surface area (Å²) in [5.74, 6) is 0. The maximum absolute atomic E-state index is 2.60. The van der Waals surface area contributed by atoms with Gasteiger partial charge in [0.05, 0.1) is 0 Å². The molecule has 0 aliphatic carbocycles. The minimum atomic E-state index is 0.509. The van der Waals surface area contributed by atoms with Crippen molar-refractivity contribution in [1.29, 1.82) is 0 Å². The molecule has 0 aromatic heterocycles. The van der Waals surface area contributed by atoms with Crippen molar-refractivity contribution in [1.82, 2.24) is 4.90 Å². The van der Waals surface area contributed by atoms with E-state index >= 15 is 0 Å². The lowest BCUT2D eigenvalue weighted by Gasteiger charge is -2.33. The number of nitrogens with zero attached hydrogens (tertiary/aromatic N) is 2. The topological polar surface area (TPSA) is 6.48 Å². The monoisotopic (exact) mass is 370 g/mol. The van der Waals surface area contributed by atoms with Crippen molar-refractivity contribution in [3.8, 4) is 0 Å². The quantitative estimate of drug-likeness (QED) is 0.292. The molecule has 2 heteroatoms. The summed E-state index contributed by atoms with van der Waals surface area (Å²) in [7, 11) is 0. The van der Waals surface area contributed by atoms with Crippen LogP contribution in [-0.2, 0) is 0 Å². The fourth-order valence-electron chi connectivity index (χ4n) is 4.08. The molecular formula is C25H42N2. The number of hydrogen-bond acceptors (Lipinski definition) is 2. The van der Waals surface area contributed by atoms with Crippen LogP contribution in [0.3, 0.4) is 0 Å². The third-order valence-corrected chi connectivity index (χ3v) is 5.76. The average Bonchev–Trinajstić information content (AvgIpc) is 3.10. The summed E-state index contributed by atoms with van der Waals surface area (Å²) >= 11 is 0. The van der Waals surface area contributed by atoms with Crippen molar-refractivity contribution < 1.29 is 0 Å². The van der Waals surface area contributed by atoms with Crippen LogP contribution >= 0.6 is 0 Å². The van der Waals surface area contributed by atoms with E-state index in [0.29, 0.717) is 6.17 Å². The molecule has 1 aliphatic rings. The molecule has 0 N–H and O–H groups in total. The van der Waals surface area contributed by atoms with Gasteiger partial charge in [0.2, 0.25) is 0 Å². The first-order chi connectivity index (χ1) is 13.4. The highest BCUT2D eigenvalue weighted by atomic mass is 15.4. The number of rotatable bonds is 15. The van der Waals surface area contributed by atoms with E-state index in [-0.39, 0.29) is 0 Å². The molecule has 0 amide bonds. The van der Waals surface area contributed by atoms with Gasteiger partial charge in [-0.1, -0.05) is 96.3 Å². The van der Waals surface area contributed by atoms with E-state index in [1.807, 2.05) is 0 Å². The Balaban J connectivity index is 1.81. The molecule has 0 bridgehead atoms. The summed E-state index contributed by atoms with van der Waals surface area (Å²) in [6.07, 6.45) is 22.9. The van der Waals surface area contributed by atoms with Crippen LogP contribution in [0.4, 0.5) is 5.69 Å². The largest absolute Gasteiger partial charge is 0.356 e. The second-order valence-corrected chi connectivity index (χ2v) is 8.08. The van der Waals surface area contributed by atoms with E-state index in [1.165, 1.54) is 95.7 Å². The number of unbranched alkanes of at least 4 members (excludes halogenated alkanes) is 10. The van der Waals surface area contributed by atoms with Crippen LogP contribution in [0, 0.1) is 0 Å². The summed E-state index contributed by atoms with van der Waals surface area (Å²) < 4.78 is 0. The molecule has 0 spiro atoms. The standard InChI is InChI=1S/C25H42N2/c1-3-5-7-9-11-16-20-25-26(21-17-12-10-8-6-4-2)22-23-27(25)24-18-14-13-15-19-24/h13-15,18-19,22-23,25H,3-12,16-17,20-21H2,1-2H3. The summed E-state index contributed by atoms with van der Waals surface area (Å²) in [4.78, 5) is 5.09. The first-order valence-electron chi connectivity index (χ1n) is 11.6. The van der Waals surface area contributed by atoms with Gasteiger partial charge in [0.15, 0.2) is 0 Å². The van der Waals surface area contributed by atoms with Crippen LogP contribution in [0.2, 0.25) is 0 Å². The lowest BCUT2D eigenvalue weighted by atomic mass is 10.1. The molecule has 0 fully saturated rings. The molecule has 0 radical (unpaired) electrons. The molecule has 1 atom stereocenters. The van der Waals surface area contributed by atoms with Crippen molar-refractivity contribution in [3.05, 3.63) is 42.7 Å². The lowest BCUT2D eigenvalue weighted by molar-refractivity contribution is 0.273. The zero-order valence-corrected chi connectivity index (χ0v) is 17.9. The first kappa shape index (κ1) is 21.9. The van der Waals surface area contributed by atoms with E-state index in [2.05, 4.69) is 66.4 Å². The summed E-state index contributed by atoms with van der Waals surface area (Å²) in [6, 6.07) is 10.9. The van der Waals surface area contributed by atoms with Crippen molar-refractivity contribution in [3.63, 3.8) is 0 Å². The van der Waals surface area contributed by atoms with Crippen LogP contribution in [-0.4, -0.2) is 17.6 Å². The molecule has 2 nitrogen and oxygen atoms in total. The molecule has 1 aliphatic heterocycles. The predicted octanol–water partition coefficient (Wildman–Crippen LogP) is 7.72. The Morgan fingerprint density at radius 1 is 0.667 bits per heavy atom. The number of benzene rings is 1. The van der Waals surface area contributed by atoms with Crippen molar-refractivity contribution in [2.45, 2.75) is 103 Å². The molecule has 2 rings (SSSR count). The zero-order valence-electron chi connectivity index (χ0n) is 17.9. The molecule has 27 heavy (non-hydrogen) atoms. The molecule has 152 valence electrons. The smallest absolute Gasteiger partial charge is 0.105 e. The Morgan fingerprint density at radius 2 is 1.26 bits per heavy atom. The number of para-hydroxylation sites is 1. The van der Waals surface area contributed by atoms with Gasteiger partial charge in [-0.3, -0.25) is 0 Å². The van der Waals surface area contributed by atoms with Gasteiger partial charge >= 0.3 is 0 Å². The Labute approximate surface area is 168 Å². The highest BCUT2D eigenvalue weighted by Gasteiger charge is 2.26. The Bertz CT molecular complexity index is 496. The van der Waals surface area contributed by atoms with Gasteiger partial charge in [-0.25, -0.2) is 0 Å². The van der Waals surface area contributed by atoms with Gasteiger partial charge in [0.25, 0.3) is 0 Å². The highest BCUT2D eigenvalue weighted by Crippen LogP contribution is 2.28. The Kier molecular flexibility index (Phi) is 11.1. The van der Waals surface area contributed by atoms with E-state index in [0.717, 1.165) is 0 Å². The molecule has 0 saturated heterocycles. The van der Waals surface area contributed by atoms with Gasteiger partial charge in [0, 0.05) is 24.6 Å². The van der Waals surface area contributed by atoms with Crippen LogP contribution in [0.25, 0.3) is 0 Å². The maximum atomic E-state index is 2.60. The minimum Gasteiger partial charge on any atom is -0.356 e. The molecule has 1 aromatic carbocycles. The van der Waals surface area contributed by atoms with E-state index in [4.69, 9.17) is 0 Å². The molecular weight excluding hydrogens is 328 g/mol. The SMILES string of the molecule is CCCCCCCCC1N(CCCCCCCC)C=CN1c1ccccc1. The molecule has 0 saturated carbocycles. The van der Waals surface area contributed by atoms with Crippen molar-refractivity contribution >= 4 is 5.69 Å². The van der Waals surface area contributed by atoms with E-state index in [1.54, 1.807) is 0 Å².